The zero-order valence-electron chi connectivity index (χ0n) is 12.2. The number of hydrogen-bond acceptors (Lipinski definition) is 5. The summed E-state index contributed by atoms with van der Waals surface area (Å²) in [4.78, 5) is 24.7. The van der Waals surface area contributed by atoms with Gasteiger partial charge in [0.1, 0.15) is 0 Å². The fourth-order valence-corrected chi connectivity index (χ4v) is 1.55. The fourth-order valence-electron chi connectivity index (χ4n) is 1.55. The van der Waals surface area contributed by atoms with Crippen LogP contribution in [-0.2, 0) is 11.2 Å². The Morgan fingerprint density at radius 2 is 2.09 bits per heavy atom. The van der Waals surface area contributed by atoms with Crippen molar-refractivity contribution in [2.75, 3.05) is 14.1 Å². The summed E-state index contributed by atoms with van der Waals surface area (Å²) in [6, 6.07) is 8.88. The summed E-state index contributed by atoms with van der Waals surface area (Å²) in [7, 11) is 3.48. The maximum atomic E-state index is 13.5. The molecule has 0 aliphatic rings. The van der Waals surface area contributed by atoms with Crippen molar-refractivity contribution in [3.8, 4) is 6.01 Å². The molecule has 0 unspecified atom stereocenters. The van der Waals surface area contributed by atoms with Gasteiger partial charge in [0.15, 0.2) is 11.6 Å². The maximum Gasteiger partial charge on any atom is 0.326 e. The third kappa shape index (κ3) is 4.62. The Balaban J connectivity index is 2.06. The molecule has 0 saturated carbocycles. The smallest absolute Gasteiger partial charge is 0.326 e. The predicted molar refractivity (Wildman–Crippen MR) is 79.6 cm³/mol. The Morgan fingerprint density at radius 3 is 2.77 bits per heavy atom. The number of carbonyl (C=O) groups is 1. The lowest BCUT2D eigenvalue weighted by atomic mass is 10.2. The van der Waals surface area contributed by atoms with Crippen molar-refractivity contribution < 1.29 is 13.9 Å². The predicted octanol–water partition coefficient (Wildman–Crippen LogP) is 1.99. The van der Waals surface area contributed by atoms with Crippen molar-refractivity contribution in [3.63, 3.8) is 0 Å². The Bertz CT molecular complexity index is 674. The Hall–Kier alpha value is -2.83. The van der Waals surface area contributed by atoms with Crippen LogP contribution in [-0.4, -0.2) is 41.3 Å². The molecule has 22 heavy (non-hydrogen) atoms. The molecule has 0 radical (unpaired) electrons. The number of esters is 1. The van der Waals surface area contributed by atoms with Crippen molar-refractivity contribution in [2.24, 2.45) is 4.99 Å². The number of hydrogen-bond donors (Lipinski definition) is 0. The molecule has 0 aliphatic heterocycles. The van der Waals surface area contributed by atoms with Crippen molar-refractivity contribution in [2.45, 2.75) is 6.42 Å². The minimum Gasteiger partial charge on any atom is -0.391 e. The highest BCUT2D eigenvalue weighted by molar-refractivity contribution is 5.74. The van der Waals surface area contributed by atoms with E-state index in [0.29, 0.717) is 0 Å². The first-order chi connectivity index (χ1) is 10.5. The van der Waals surface area contributed by atoms with Crippen molar-refractivity contribution in [3.05, 3.63) is 47.9 Å². The van der Waals surface area contributed by atoms with E-state index in [9.17, 15) is 9.18 Å². The highest BCUT2D eigenvalue weighted by Crippen LogP contribution is 2.16. The van der Waals surface area contributed by atoms with Crippen LogP contribution in [0.4, 0.5) is 10.2 Å². The Labute approximate surface area is 127 Å². The number of ether oxygens (including phenoxy) is 1. The van der Waals surface area contributed by atoms with E-state index < -0.39 is 11.8 Å². The van der Waals surface area contributed by atoms with Gasteiger partial charge < -0.3 is 9.64 Å². The lowest BCUT2D eigenvalue weighted by molar-refractivity contribution is -0.134. The molecule has 0 N–H and O–H groups in total. The number of carbonyl (C=O) groups excluding carboxylic acids is 1. The van der Waals surface area contributed by atoms with Crippen LogP contribution in [0.15, 0.2) is 41.5 Å². The summed E-state index contributed by atoms with van der Waals surface area (Å²) in [5, 5.41) is 0. The van der Waals surface area contributed by atoms with E-state index in [1.54, 1.807) is 31.1 Å². The zero-order valence-corrected chi connectivity index (χ0v) is 12.2. The lowest BCUT2D eigenvalue weighted by Gasteiger charge is -2.05. The normalized spacial score (nSPS) is 10.7. The molecular weight excluding hydrogens is 287 g/mol. The minimum absolute atomic E-state index is 0.0812. The van der Waals surface area contributed by atoms with Gasteiger partial charge in [-0.2, -0.15) is 4.98 Å². The first-order valence-corrected chi connectivity index (χ1v) is 6.52. The highest BCUT2D eigenvalue weighted by Gasteiger charge is 2.11. The standard InChI is InChI=1S/C15H15FN4O2/c1-20(2)10-18-14-12(16)9-17-15(19-14)22-13(21)8-11-6-4-3-5-7-11/h3-7,9-10H,8H2,1-2H3. The van der Waals surface area contributed by atoms with E-state index in [4.69, 9.17) is 4.74 Å². The second-order valence-corrected chi connectivity index (χ2v) is 4.67. The lowest BCUT2D eigenvalue weighted by Crippen LogP contribution is -2.13. The van der Waals surface area contributed by atoms with E-state index in [1.807, 2.05) is 18.2 Å². The van der Waals surface area contributed by atoms with Crippen LogP contribution < -0.4 is 4.74 Å². The molecule has 114 valence electrons. The Morgan fingerprint density at radius 1 is 1.36 bits per heavy atom. The topological polar surface area (TPSA) is 67.7 Å². The summed E-state index contributed by atoms with van der Waals surface area (Å²) < 4.78 is 18.5. The van der Waals surface area contributed by atoms with Gasteiger partial charge in [-0.1, -0.05) is 30.3 Å². The van der Waals surface area contributed by atoms with Gasteiger partial charge in [0.05, 0.1) is 19.0 Å². The summed E-state index contributed by atoms with van der Waals surface area (Å²) in [5.41, 5.74) is 0.806. The fraction of sp³-hybridized carbons (Fsp3) is 0.200. The molecule has 2 aromatic rings. The third-order valence-corrected chi connectivity index (χ3v) is 2.51. The number of nitrogens with zero attached hydrogens (tertiary/aromatic N) is 4. The molecule has 0 bridgehead atoms. The SMILES string of the molecule is CN(C)C=Nc1nc(OC(=O)Cc2ccccc2)ncc1F. The Kier molecular flexibility index (Phi) is 5.13. The van der Waals surface area contributed by atoms with Crippen LogP contribution in [0.1, 0.15) is 5.56 Å². The third-order valence-electron chi connectivity index (χ3n) is 2.51. The molecule has 0 saturated heterocycles. The van der Waals surface area contributed by atoms with Crippen LogP contribution in [0, 0.1) is 5.82 Å². The molecule has 0 spiro atoms. The maximum absolute atomic E-state index is 13.5. The molecule has 7 heteroatoms. The highest BCUT2D eigenvalue weighted by atomic mass is 19.1. The largest absolute Gasteiger partial charge is 0.391 e. The molecule has 0 amide bonds. The second-order valence-electron chi connectivity index (χ2n) is 4.67. The summed E-state index contributed by atoms with van der Waals surface area (Å²) in [6.45, 7) is 0. The van der Waals surface area contributed by atoms with Gasteiger partial charge in [-0.05, 0) is 5.56 Å². The number of halogens is 1. The molecule has 0 fully saturated rings. The zero-order chi connectivity index (χ0) is 15.9. The molecular formula is C15H15FN4O2. The monoisotopic (exact) mass is 302 g/mol. The van der Waals surface area contributed by atoms with E-state index in [2.05, 4.69) is 15.0 Å². The molecule has 1 heterocycles. The molecule has 6 nitrogen and oxygen atoms in total. The second kappa shape index (κ2) is 7.26. The summed E-state index contributed by atoms with van der Waals surface area (Å²) in [5.74, 6) is -1.41. The van der Waals surface area contributed by atoms with Gasteiger partial charge in [0, 0.05) is 14.1 Å². The first kappa shape index (κ1) is 15.6. The summed E-state index contributed by atoms with van der Waals surface area (Å²) in [6.07, 6.45) is 2.39. The first-order valence-electron chi connectivity index (χ1n) is 6.52. The van der Waals surface area contributed by atoms with E-state index in [-0.39, 0.29) is 18.2 Å². The van der Waals surface area contributed by atoms with Gasteiger partial charge in [0.25, 0.3) is 0 Å². The van der Waals surface area contributed by atoms with Crippen LogP contribution >= 0.6 is 0 Å². The van der Waals surface area contributed by atoms with E-state index >= 15 is 0 Å². The number of aromatic nitrogens is 2. The number of rotatable bonds is 5. The average Bonchev–Trinajstić information content (AvgIpc) is 2.48. The van der Waals surface area contributed by atoms with Gasteiger partial charge >= 0.3 is 12.0 Å². The molecule has 1 aromatic heterocycles. The van der Waals surface area contributed by atoms with Crippen LogP contribution in [0.2, 0.25) is 0 Å². The van der Waals surface area contributed by atoms with Crippen molar-refractivity contribution in [1.82, 2.24) is 14.9 Å². The molecule has 1 aromatic carbocycles. The van der Waals surface area contributed by atoms with Gasteiger partial charge in [-0.3, -0.25) is 4.79 Å². The quantitative estimate of drug-likeness (QED) is 0.480. The van der Waals surface area contributed by atoms with Gasteiger partial charge in [0.2, 0.25) is 0 Å². The van der Waals surface area contributed by atoms with Gasteiger partial charge in [-0.25, -0.2) is 14.4 Å². The van der Waals surface area contributed by atoms with Crippen molar-refractivity contribution in [1.29, 1.82) is 0 Å². The van der Waals surface area contributed by atoms with Crippen molar-refractivity contribution >= 4 is 18.1 Å². The molecule has 2 rings (SSSR count). The summed E-state index contributed by atoms with van der Waals surface area (Å²) >= 11 is 0. The van der Waals surface area contributed by atoms with Crippen LogP contribution in [0.5, 0.6) is 6.01 Å². The number of aliphatic imine (C=N–C) groups is 1. The average molecular weight is 302 g/mol. The van der Waals surface area contributed by atoms with Crippen LogP contribution in [0.3, 0.4) is 0 Å². The molecule has 0 atom stereocenters. The number of benzene rings is 1. The van der Waals surface area contributed by atoms with E-state index in [1.165, 1.54) is 6.34 Å². The minimum atomic E-state index is -0.694. The van der Waals surface area contributed by atoms with E-state index in [0.717, 1.165) is 11.8 Å². The van der Waals surface area contributed by atoms with Gasteiger partial charge in [-0.15, -0.1) is 0 Å². The molecule has 0 aliphatic carbocycles. The van der Waals surface area contributed by atoms with Crippen LogP contribution in [0.25, 0.3) is 0 Å².